The number of benzene rings is 1. The summed E-state index contributed by atoms with van der Waals surface area (Å²) in [7, 11) is 1.23. The molecule has 0 amide bonds. The second-order valence-corrected chi connectivity index (χ2v) is 3.15. The van der Waals surface area contributed by atoms with Gasteiger partial charge in [0, 0.05) is 5.02 Å². The fraction of sp³-hybridized carbons (Fsp3) is 0.0909. The molecule has 0 fully saturated rings. The van der Waals surface area contributed by atoms with E-state index in [4.69, 9.17) is 16.9 Å². The highest BCUT2D eigenvalue weighted by atomic mass is 35.5. The van der Waals surface area contributed by atoms with Crippen molar-refractivity contribution in [2.75, 3.05) is 7.11 Å². The van der Waals surface area contributed by atoms with Gasteiger partial charge in [-0.3, -0.25) is 0 Å². The Morgan fingerprint density at radius 2 is 2.33 bits per heavy atom. The van der Waals surface area contributed by atoms with E-state index >= 15 is 0 Å². The summed E-state index contributed by atoms with van der Waals surface area (Å²) in [5.74, 6) is -0.655. The molecule has 0 heterocycles. The summed E-state index contributed by atoms with van der Waals surface area (Å²) in [4.78, 5) is 11.1. The number of halogens is 1. The average Bonchev–Trinajstić information content (AvgIpc) is 2.25. The summed E-state index contributed by atoms with van der Waals surface area (Å²) in [5, 5.41) is 9.25. The summed E-state index contributed by atoms with van der Waals surface area (Å²) in [6, 6.07) is 8.61. The smallest absolute Gasteiger partial charge is 0.348 e. The predicted octanol–water partition coefficient (Wildman–Crippen LogP) is 2.42. The van der Waals surface area contributed by atoms with Gasteiger partial charge in [0.1, 0.15) is 11.6 Å². The maximum atomic E-state index is 11.1. The fourth-order valence-corrected chi connectivity index (χ4v) is 1.21. The minimum Gasteiger partial charge on any atom is -0.465 e. The normalized spacial score (nSPS) is 10.6. The number of methoxy groups -OCH3 is 1. The van der Waals surface area contributed by atoms with Gasteiger partial charge in [-0.15, -0.1) is 0 Å². The van der Waals surface area contributed by atoms with Crippen LogP contribution in [0, 0.1) is 11.3 Å². The molecule has 1 aromatic rings. The van der Waals surface area contributed by atoms with Crippen molar-refractivity contribution in [1.82, 2.24) is 0 Å². The second-order valence-electron chi connectivity index (χ2n) is 2.72. The Morgan fingerprint density at radius 1 is 1.60 bits per heavy atom. The molecule has 0 spiro atoms. The Kier molecular flexibility index (Phi) is 3.90. The first kappa shape index (κ1) is 11.3. The lowest BCUT2D eigenvalue weighted by atomic mass is 10.1. The molecule has 0 atom stereocenters. The minimum absolute atomic E-state index is 0.0558. The molecule has 0 aliphatic heterocycles. The first-order valence-corrected chi connectivity index (χ1v) is 4.51. The average molecular weight is 222 g/mol. The van der Waals surface area contributed by atoms with Crippen molar-refractivity contribution in [2.45, 2.75) is 0 Å². The zero-order valence-electron chi connectivity index (χ0n) is 8.03. The van der Waals surface area contributed by atoms with Gasteiger partial charge in [-0.05, 0) is 23.8 Å². The molecule has 4 heteroatoms. The zero-order chi connectivity index (χ0) is 11.3. The van der Waals surface area contributed by atoms with Gasteiger partial charge in [0.2, 0.25) is 0 Å². The van der Waals surface area contributed by atoms with Crippen molar-refractivity contribution in [3.8, 4) is 6.07 Å². The molecule has 0 radical (unpaired) electrons. The number of rotatable bonds is 2. The molecule has 1 rings (SSSR count). The Morgan fingerprint density at radius 3 is 2.87 bits per heavy atom. The van der Waals surface area contributed by atoms with Gasteiger partial charge in [0.15, 0.2) is 0 Å². The third-order valence-electron chi connectivity index (χ3n) is 1.69. The molecule has 3 nitrogen and oxygen atoms in total. The largest absolute Gasteiger partial charge is 0.465 e. The van der Waals surface area contributed by atoms with Crippen molar-refractivity contribution in [3.05, 3.63) is 40.4 Å². The Hall–Kier alpha value is -1.79. The summed E-state index contributed by atoms with van der Waals surface area (Å²) >= 11 is 5.76. The summed E-state index contributed by atoms with van der Waals surface area (Å²) < 4.78 is 4.44. The van der Waals surface area contributed by atoms with Gasteiger partial charge in [0.05, 0.1) is 7.11 Å². The molecule has 76 valence electrons. The van der Waals surface area contributed by atoms with Crippen LogP contribution in [-0.2, 0) is 9.53 Å². The third kappa shape index (κ3) is 3.12. The molecule has 15 heavy (non-hydrogen) atoms. The molecule has 0 aliphatic carbocycles. The molecule has 0 aliphatic rings. The van der Waals surface area contributed by atoms with Gasteiger partial charge in [-0.1, -0.05) is 23.7 Å². The molecule has 0 saturated carbocycles. The molecular formula is C11H8ClNO2. The molecule has 0 aromatic heterocycles. The van der Waals surface area contributed by atoms with Crippen molar-refractivity contribution in [2.24, 2.45) is 0 Å². The number of carbonyl (C=O) groups excluding carboxylic acids is 1. The van der Waals surface area contributed by atoms with Crippen molar-refractivity contribution in [1.29, 1.82) is 5.26 Å². The van der Waals surface area contributed by atoms with E-state index in [0.717, 1.165) is 0 Å². The standard InChI is InChI=1S/C11H8ClNO2/c1-15-11(14)9(7-13)5-8-3-2-4-10(12)6-8/h2-6H,1H3. The zero-order valence-corrected chi connectivity index (χ0v) is 8.78. The quantitative estimate of drug-likeness (QED) is 0.438. The van der Waals surface area contributed by atoms with E-state index in [9.17, 15) is 4.79 Å². The van der Waals surface area contributed by atoms with Crippen LogP contribution in [0.15, 0.2) is 29.8 Å². The van der Waals surface area contributed by atoms with E-state index in [1.165, 1.54) is 13.2 Å². The lowest BCUT2D eigenvalue weighted by molar-refractivity contribution is -0.135. The number of hydrogen-bond acceptors (Lipinski definition) is 3. The van der Waals surface area contributed by atoms with Crippen LogP contribution in [0.5, 0.6) is 0 Å². The van der Waals surface area contributed by atoms with Gasteiger partial charge in [0.25, 0.3) is 0 Å². The van der Waals surface area contributed by atoms with Crippen LogP contribution >= 0.6 is 11.6 Å². The topological polar surface area (TPSA) is 50.1 Å². The summed E-state index contributed by atoms with van der Waals surface area (Å²) in [6.45, 7) is 0. The number of carbonyl (C=O) groups is 1. The van der Waals surface area contributed by atoms with E-state index in [1.54, 1.807) is 30.3 Å². The molecule has 1 aromatic carbocycles. The van der Waals surface area contributed by atoms with Gasteiger partial charge in [-0.2, -0.15) is 5.26 Å². The van der Waals surface area contributed by atoms with Crippen molar-refractivity contribution >= 4 is 23.6 Å². The Bertz CT molecular complexity index is 446. The molecular weight excluding hydrogens is 214 g/mol. The lowest BCUT2D eigenvalue weighted by Gasteiger charge is -1.97. The number of ether oxygens (including phenoxy) is 1. The Labute approximate surface area is 92.5 Å². The van der Waals surface area contributed by atoms with Crippen LogP contribution < -0.4 is 0 Å². The predicted molar refractivity (Wildman–Crippen MR) is 57.1 cm³/mol. The minimum atomic E-state index is -0.655. The molecule has 0 unspecified atom stereocenters. The fourth-order valence-electron chi connectivity index (χ4n) is 1.01. The van der Waals surface area contributed by atoms with Crippen LogP contribution in [0.1, 0.15) is 5.56 Å². The highest BCUT2D eigenvalue weighted by molar-refractivity contribution is 6.30. The monoisotopic (exact) mass is 221 g/mol. The highest BCUT2D eigenvalue weighted by Gasteiger charge is 2.07. The van der Waals surface area contributed by atoms with Crippen LogP contribution in [-0.4, -0.2) is 13.1 Å². The summed E-state index contributed by atoms with van der Waals surface area (Å²) in [6.07, 6.45) is 1.43. The lowest BCUT2D eigenvalue weighted by Crippen LogP contribution is -2.02. The SMILES string of the molecule is COC(=O)C(C#N)=Cc1cccc(Cl)c1. The van der Waals surface area contributed by atoms with E-state index in [1.807, 2.05) is 0 Å². The van der Waals surface area contributed by atoms with Crippen molar-refractivity contribution < 1.29 is 9.53 Å². The molecule has 0 bridgehead atoms. The van der Waals surface area contributed by atoms with Crippen molar-refractivity contribution in [3.63, 3.8) is 0 Å². The summed E-state index contributed by atoms with van der Waals surface area (Å²) in [5.41, 5.74) is 0.629. The second kappa shape index (κ2) is 5.18. The van der Waals surface area contributed by atoms with Crippen LogP contribution in [0.3, 0.4) is 0 Å². The van der Waals surface area contributed by atoms with Crippen LogP contribution in [0.2, 0.25) is 5.02 Å². The van der Waals surface area contributed by atoms with E-state index in [0.29, 0.717) is 10.6 Å². The van der Waals surface area contributed by atoms with E-state index in [2.05, 4.69) is 4.74 Å². The third-order valence-corrected chi connectivity index (χ3v) is 1.92. The number of nitrogens with zero attached hydrogens (tertiary/aromatic N) is 1. The first-order chi connectivity index (χ1) is 7.17. The van der Waals surface area contributed by atoms with Gasteiger partial charge >= 0.3 is 5.97 Å². The first-order valence-electron chi connectivity index (χ1n) is 4.13. The van der Waals surface area contributed by atoms with Gasteiger partial charge in [-0.25, -0.2) is 4.79 Å². The number of hydrogen-bond donors (Lipinski definition) is 0. The van der Waals surface area contributed by atoms with E-state index < -0.39 is 5.97 Å². The maximum Gasteiger partial charge on any atom is 0.348 e. The van der Waals surface area contributed by atoms with Crippen LogP contribution in [0.4, 0.5) is 0 Å². The number of nitriles is 1. The number of esters is 1. The highest BCUT2D eigenvalue weighted by Crippen LogP contribution is 2.13. The van der Waals surface area contributed by atoms with E-state index in [-0.39, 0.29) is 5.57 Å². The molecule has 0 saturated heterocycles. The Balaban J connectivity index is 3.05. The maximum absolute atomic E-state index is 11.1. The van der Waals surface area contributed by atoms with Gasteiger partial charge < -0.3 is 4.74 Å². The van der Waals surface area contributed by atoms with Crippen LogP contribution in [0.25, 0.3) is 6.08 Å². The molecule has 0 N–H and O–H groups in total.